The smallest absolute Gasteiger partial charge is 0.234 e. The van der Waals surface area contributed by atoms with Gasteiger partial charge in [0.25, 0.3) is 0 Å². The topological polar surface area (TPSA) is 59.3 Å². The summed E-state index contributed by atoms with van der Waals surface area (Å²) in [5, 5.41) is 8.11. The van der Waals surface area contributed by atoms with E-state index in [9.17, 15) is 9.18 Å². The molecule has 0 saturated carbocycles. The molecule has 0 aliphatic carbocycles. The van der Waals surface area contributed by atoms with Crippen LogP contribution in [0.15, 0.2) is 66.0 Å². The van der Waals surface area contributed by atoms with Gasteiger partial charge in [-0.05, 0) is 42.7 Å². The molecule has 152 valence electrons. The molecule has 2 heterocycles. The van der Waals surface area contributed by atoms with E-state index < -0.39 is 0 Å². The number of thioether (sulfide) groups is 1. The van der Waals surface area contributed by atoms with E-state index in [1.165, 1.54) is 29.5 Å². The highest BCUT2D eigenvalue weighted by atomic mass is 32.2. The van der Waals surface area contributed by atoms with Crippen molar-refractivity contribution in [1.29, 1.82) is 0 Å². The number of nitrogens with one attached hydrogen (secondary N) is 1. The molecular weight excluding hydrogens is 399 g/mol. The van der Waals surface area contributed by atoms with Gasteiger partial charge < -0.3 is 5.32 Å². The Kier molecular flexibility index (Phi) is 5.81. The number of amides is 1. The van der Waals surface area contributed by atoms with Gasteiger partial charge in [-0.3, -0.25) is 4.79 Å². The van der Waals surface area contributed by atoms with Gasteiger partial charge in [0.2, 0.25) is 5.91 Å². The highest BCUT2D eigenvalue weighted by Gasteiger charge is 2.12. The fourth-order valence-corrected chi connectivity index (χ4v) is 3.89. The van der Waals surface area contributed by atoms with E-state index in [-0.39, 0.29) is 17.5 Å². The molecule has 0 spiro atoms. The van der Waals surface area contributed by atoms with Crippen LogP contribution in [0.3, 0.4) is 0 Å². The lowest BCUT2D eigenvalue weighted by Crippen LogP contribution is -2.15. The fourth-order valence-electron chi connectivity index (χ4n) is 3.11. The second-order valence-electron chi connectivity index (χ2n) is 6.94. The Morgan fingerprint density at radius 3 is 2.73 bits per heavy atom. The van der Waals surface area contributed by atoms with Crippen molar-refractivity contribution in [3.8, 4) is 11.3 Å². The number of rotatable bonds is 6. The molecule has 5 nitrogen and oxygen atoms in total. The van der Waals surface area contributed by atoms with Gasteiger partial charge in [0.1, 0.15) is 10.8 Å². The molecule has 0 unspecified atom stereocenters. The first-order chi connectivity index (χ1) is 14.5. The Morgan fingerprint density at radius 1 is 1.17 bits per heavy atom. The quantitative estimate of drug-likeness (QED) is 0.439. The molecule has 0 radical (unpaired) electrons. The van der Waals surface area contributed by atoms with Crippen molar-refractivity contribution in [3.63, 3.8) is 0 Å². The molecule has 2 aromatic carbocycles. The summed E-state index contributed by atoms with van der Waals surface area (Å²) in [6.45, 7) is 3.95. The molecule has 0 aliphatic rings. The van der Waals surface area contributed by atoms with E-state index in [4.69, 9.17) is 0 Å². The van der Waals surface area contributed by atoms with Crippen LogP contribution in [-0.4, -0.2) is 26.3 Å². The van der Waals surface area contributed by atoms with Crippen molar-refractivity contribution >= 4 is 28.9 Å². The zero-order valence-corrected chi connectivity index (χ0v) is 17.5. The van der Waals surface area contributed by atoms with Crippen LogP contribution >= 0.6 is 11.8 Å². The van der Waals surface area contributed by atoms with Crippen LogP contribution < -0.4 is 5.32 Å². The van der Waals surface area contributed by atoms with Crippen molar-refractivity contribution in [2.75, 3.05) is 11.1 Å². The molecule has 2 aromatic heterocycles. The molecule has 0 atom stereocenters. The van der Waals surface area contributed by atoms with E-state index in [2.05, 4.69) is 46.6 Å². The van der Waals surface area contributed by atoms with Crippen molar-refractivity contribution in [1.82, 2.24) is 14.6 Å². The highest BCUT2D eigenvalue weighted by Crippen LogP contribution is 2.26. The first-order valence-corrected chi connectivity index (χ1v) is 10.6. The average Bonchev–Trinajstić information content (AvgIpc) is 3.20. The monoisotopic (exact) mass is 420 g/mol. The minimum atomic E-state index is -0.381. The lowest BCUT2D eigenvalue weighted by molar-refractivity contribution is -0.113. The summed E-state index contributed by atoms with van der Waals surface area (Å²) in [4.78, 5) is 16.8. The summed E-state index contributed by atoms with van der Waals surface area (Å²) in [7, 11) is 0. The third-order valence-corrected chi connectivity index (χ3v) is 5.82. The van der Waals surface area contributed by atoms with Crippen LogP contribution in [0, 0.1) is 12.7 Å². The van der Waals surface area contributed by atoms with Gasteiger partial charge >= 0.3 is 0 Å². The third-order valence-electron chi connectivity index (χ3n) is 4.83. The summed E-state index contributed by atoms with van der Waals surface area (Å²) in [6, 6.07) is 14.6. The number of carbonyl (C=O) groups is 1. The standard InChI is InChI=1S/C23H21FN4OS/c1-3-16-5-7-17(8-6-16)20-13-21-23(25-10-11-28(21)27-20)30-14-22(29)26-19-12-18(24)9-4-15(19)2/h4-13H,3,14H2,1-2H3,(H,26,29). The van der Waals surface area contributed by atoms with Gasteiger partial charge in [-0.1, -0.05) is 49.0 Å². The van der Waals surface area contributed by atoms with Gasteiger partial charge in [0, 0.05) is 23.6 Å². The molecule has 30 heavy (non-hydrogen) atoms. The van der Waals surface area contributed by atoms with Crippen molar-refractivity contribution < 1.29 is 9.18 Å². The first kappa shape index (κ1) is 20.1. The van der Waals surface area contributed by atoms with Crippen LogP contribution in [-0.2, 0) is 11.2 Å². The van der Waals surface area contributed by atoms with Gasteiger partial charge in [-0.15, -0.1) is 0 Å². The molecule has 7 heteroatoms. The number of carbonyl (C=O) groups excluding carboxylic acids is 1. The fraction of sp³-hybridized carbons (Fsp3) is 0.174. The zero-order chi connectivity index (χ0) is 21.1. The zero-order valence-electron chi connectivity index (χ0n) is 16.7. The van der Waals surface area contributed by atoms with E-state index in [0.29, 0.717) is 10.7 Å². The van der Waals surface area contributed by atoms with Gasteiger partial charge in [-0.25, -0.2) is 13.9 Å². The maximum Gasteiger partial charge on any atom is 0.234 e. The summed E-state index contributed by atoms with van der Waals surface area (Å²) in [5.41, 5.74) is 5.30. The Balaban J connectivity index is 1.50. The number of fused-ring (bicyclic) bond motifs is 1. The number of nitrogens with zero attached hydrogens (tertiary/aromatic N) is 3. The number of benzene rings is 2. The second-order valence-corrected chi connectivity index (χ2v) is 7.90. The number of hydrogen-bond donors (Lipinski definition) is 1. The van der Waals surface area contributed by atoms with Crippen LogP contribution in [0.4, 0.5) is 10.1 Å². The van der Waals surface area contributed by atoms with Crippen molar-refractivity contribution in [2.24, 2.45) is 0 Å². The predicted molar refractivity (Wildman–Crippen MR) is 118 cm³/mol. The normalized spacial score (nSPS) is 11.0. The van der Waals surface area contributed by atoms with Crippen LogP contribution in [0.1, 0.15) is 18.1 Å². The van der Waals surface area contributed by atoms with Crippen LogP contribution in [0.5, 0.6) is 0 Å². The maximum absolute atomic E-state index is 13.4. The number of hydrogen-bond acceptors (Lipinski definition) is 4. The molecule has 1 amide bonds. The molecule has 4 rings (SSSR count). The Bertz CT molecular complexity index is 1200. The van der Waals surface area contributed by atoms with Gasteiger partial charge in [0.15, 0.2) is 0 Å². The molecule has 1 N–H and O–H groups in total. The molecule has 0 bridgehead atoms. The summed E-state index contributed by atoms with van der Waals surface area (Å²) >= 11 is 1.32. The van der Waals surface area contributed by atoms with Crippen molar-refractivity contribution in [3.05, 3.63) is 77.9 Å². The predicted octanol–water partition coefficient (Wildman–Crippen LogP) is 5.14. The minimum absolute atomic E-state index is 0.161. The average molecular weight is 421 g/mol. The van der Waals surface area contributed by atoms with E-state index >= 15 is 0 Å². The molecular formula is C23H21FN4OS. The minimum Gasteiger partial charge on any atom is -0.325 e. The summed E-state index contributed by atoms with van der Waals surface area (Å²) in [5.74, 6) is -0.435. The number of anilines is 1. The van der Waals surface area contributed by atoms with Gasteiger partial charge in [0.05, 0.1) is 17.0 Å². The lowest BCUT2D eigenvalue weighted by atomic mass is 10.1. The van der Waals surface area contributed by atoms with E-state index in [0.717, 1.165) is 28.8 Å². The van der Waals surface area contributed by atoms with Gasteiger partial charge in [-0.2, -0.15) is 5.10 Å². The molecule has 0 saturated heterocycles. The molecule has 0 fully saturated rings. The Morgan fingerprint density at radius 2 is 1.97 bits per heavy atom. The number of aryl methyl sites for hydroxylation is 2. The summed E-state index contributed by atoms with van der Waals surface area (Å²) in [6.07, 6.45) is 4.45. The summed E-state index contributed by atoms with van der Waals surface area (Å²) < 4.78 is 15.2. The SMILES string of the molecule is CCc1ccc(-c2cc3c(SCC(=O)Nc4cc(F)ccc4C)nccn3n2)cc1. The molecule has 0 aliphatic heterocycles. The van der Waals surface area contributed by atoms with Crippen LogP contribution in [0.25, 0.3) is 16.8 Å². The Hall–Kier alpha value is -3.19. The third kappa shape index (κ3) is 4.36. The van der Waals surface area contributed by atoms with Crippen molar-refractivity contribution in [2.45, 2.75) is 25.3 Å². The van der Waals surface area contributed by atoms with E-state index in [1.807, 2.05) is 13.0 Å². The second kappa shape index (κ2) is 8.67. The van der Waals surface area contributed by atoms with Crippen LogP contribution in [0.2, 0.25) is 0 Å². The number of halogens is 1. The Labute approximate surface area is 178 Å². The molecule has 4 aromatic rings. The number of aromatic nitrogens is 3. The maximum atomic E-state index is 13.4. The highest BCUT2D eigenvalue weighted by molar-refractivity contribution is 8.00. The largest absolute Gasteiger partial charge is 0.325 e. The first-order valence-electron chi connectivity index (χ1n) is 9.66. The lowest BCUT2D eigenvalue weighted by Gasteiger charge is -2.08. The van der Waals surface area contributed by atoms with E-state index in [1.54, 1.807) is 23.0 Å².